The van der Waals surface area contributed by atoms with Gasteiger partial charge >= 0.3 is 6.03 Å². The number of urea groups is 1. The van der Waals surface area contributed by atoms with Gasteiger partial charge in [0.05, 0.1) is 6.54 Å². The standard InChI is InChI=1S/C21H18BrN3O3/c1-13-7-9-14(10-8-13)18-11-15(28-24-18)12-25-19(26)21(2,23-20(25)27)16-5-3-4-6-17(16)22/h3-11H,12H2,1-2H3,(H,23,27). The largest absolute Gasteiger partial charge is 0.359 e. The predicted molar refractivity (Wildman–Crippen MR) is 107 cm³/mol. The van der Waals surface area contributed by atoms with Crippen LogP contribution in [0.3, 0.4) is 0 Å². The van der Waals surface area contributed by atoms with Crippen LogP contribution >= 0.6 is 15.9 Å². The van der Waals surface area contributed by atoms with Crippen LogP contribution in [0.2, 0.25) is 0 Å². The molecule has 1 N–H and O–H groups in total. The fraction of sp³-hybridized carbons (Fsp3) is 0.190. The second-order valence-corrected chi connectivity index (χ2v) is 7.83. The van der Waals surface area contributed by atoms with E-state index in [2.05, 4.69) is 26.4 Å². The van der Waals surface area contributed by atoms with Gasteiger partial charge in [-0.3, -0.25) is 9.69 Å². The number of aryl methyl sites for hydroxylation is 1. The molecule has 0 radical (unpaired) electrons. The van der Waals surface area contributed by atoms with Crippen LogP contribution < -0.4 is 5.32 Å². The summed E-state index contributed by atoms with van der Waals surface area (Å²) in [6.07, 6.45) is 0. The molecule has 0 aliphatic carbocycles. The number of hydrogen-bond donors (Lipinski definition) is 1. The Morgan fingerprint density at radius 3 is 2.57 bits per heavy atom. The van der Waals surface area contributed by atoms with Crippen molar-refractivity contribution in [2.75, 3.05) is 0 Å². The molecule has 1 aliphatic rings. The van der Waals surface area contributed by atoms with E-state index in [1.165, 1.54) is 0 Å². The van der Waals surface area contributed by atoms with E-state index in [1.807, 2.05) is 55.5 Å². The summed E-state index contributed by atoms with van der Waals surface area (Å²) in [7, 11) is 0. The molecule has 1 saturated heterocycles. The highest BCUT2D eigenvalue weighted by atomic mass is 79.9. The zero-order valence-electron chi connectivity index (χ0n) is 15.4. The van der Waals surface area contributed by atoms with E-state index in [9.17, 15) is 9.59 Å². The number of rotatable bonds is 4. The molecule has 28 heavy (non-hydrogen) atoms. The van der Waals surface area contributed by atoms with E-state index in [-0.39, 0.29) is 12.5 Å². The van der Waals surface area contributed by atoms with Crippen LogP contribution in [-0.2, 0) is 16.9 Å². The Bertz CT molecular complexity index is 1060. The number of halogens is 1. The molecule has 142 valence electrons. The lowest BCUT2D eigenvalue weighted by atomic mass is 9.92. The number of hydrogen-bond acceptors (Lipinski definition) is 4. The van der Waals surface area contributed by atoms with Gasteiger partial charge in [0.1, 0.15) is 11.2 Å². The number of imide groups is 1. The number of carbonyl (C=O) groups is 2. The number of nitrogens with zero attached hydrogens (tertiary/aromatic N) is 2. The van der Waals surface area contributed by atoms with Gasteiger partial charge in [-0.15, -0.1) is 0 Å². The highest BCUT2D eigenvalue weighted by Crippen LogP contribution is 2.34. The molecule has 0 saturated carbocycles. The number of benzene rings is 2. The van der Waals surface area contributed by atoms with Gasteiger partial charge in [0.25, 0.3) is 5.91 Å². The van der Waals surface area contributed by atoms with E-state index < -0.39 is 11.6 Å². The van der Waals surface area contributed by atoms with Crippen molar-refractivity contribution in [3.8, 4) is 11.3 Å². The highest BCUT2D eigenvalue weighted by molar-refractivity contribution is 9.10. The second kappa shape index (κ2) is 6.91. The molecule has 0 spiro atoms. The Morgan fingerprint density at radius 1 is 1.14 bits per heavy atom. The number of nitrogens with one attached hydrogen (secondary N) is 1. The van der Waals surface area contributed by atoms with Gasteiger partial charge in [-0.25, -0.2) is 4.79 Å². The monoisotopic (exact) mass is 439 g/mol. The maximum absolute atomic E-state index is 13.1. The van der Waals surface area contributed by atoms with Crippen molar-refractivity contribution in [1.82, 2.24) is 15.4 Å². The topological polar surface area (TPSA) is 75.4 Å². The van der Waals surface area contributed by atoms with Crippen molar-refractivity contribution < 1.29 is 14.1 Å². The number of aromatic nitrogens is 1. The second-order valence-electron chi connectivity index (χ2n) is 6.97. The Morgan fingerprint density at radius 2 is 1.86 bits per heavy atom. The molecular formula is C21H18BrN3O3. The minimum Gasteiger partial charge on any atom is -0.359 e. The van der Waals surface area contributed by atoms with E-state index >= 15 is 0 Å². The van der Waals surface area contributed by atoms with Gasteiger partial charge in [0.2, 0.25) is 0 Å². The van der Waals surface area contributed by atoms with E-state index in [0.717, 1.165) is 20.5 Å². The van der Waals surface area contributed by atoms with Crippen molar-refractivity contribution in [1.29, 1.82) is 0 Å². The van der Waals surface area contributed by atoms with Gasteiger partial charge in [-0.1, -0.05) is 69.1 Å². The molecular weight excluding hydrogens is 422 g/mol. The molecule has 6 nitrogen and oxygen atoms in total. The van der Waals surface area contributed by atoms with Crippen molar-refractivity contribution in [2.24, 2.45) is 0 Å². The van der Waals surface area contributed by atoms with Crippen molar-refractivity contribution in [3.05, 3.63) is 76.0 Å². The minimum atomic E-state index is -1.14. The molecule has 1 aliphatic heterocycles. The summed E-state index contributed by atoms with van der Waals surface area (Å²) in [6, 6.07) is 16.5. The fourth-order valence-electron chi connectivity index (χ4n) is 3.29. The molecule has 2 heterocycles. The molecule has 1 unspecified atom stereocenters. The Balaban J connectivity index is 1.58. The summed E-state index contributed by atoms with van der Waals surface area (Å²) in [4.78, 5) is 26.7. The fourth-order valence-corrected chi connectivity index (χ4v) is 3.97. The summed E-state index contributed by atoms with van der Waals surface area (Å²) < 4.78 is 6.13. The lowest BCUT2D eigenvalue weighted by molar-refractivity contribution is -0.131. The van der Waals surface area contributed by atoms with Crippen LogP contribution in [0.5, 0.6) is 0 Å². The van der Waals surface area contributed by atoms with Crippen LogP contribution in [0, 0.1) is 6.92 Å². The minimum absolute atomic E-state index is 0.0174. The lowest BCUT2D eigenvalue weighted by Crippen LogP contribution is -2.41. The van der Waals surface area contributed by atoms with Gasteiger partial charge in [-0.05, 0) is 19.9 Å². The van der Waals surface area contributed by atoms with Crippen molar-refractivity contribution >= 4 is 27.9 Å². The van der Waals surface area contributed by atoms with Crippen molar-refractivity contribution in [2.45, 2.75) is 25.9 Å². The first kappa shape index (κ1) is 18.4. The van der Waals surface area contributed by atoms with Crippen LogP contribution in [0.15, 0.2) is 63.6 Å². The van der Waals surface area contributed by atoms with E-state index in [1.54, 1.807) is 13.0 Å². The first-order valence-corrected chi connectivity index (χ1v) is 9.59. The molecule has 3 amide bonds. The molecule has 0 bridgehead atoms. The smallest absolute Gasteiger partial charge is 0.325 e. The van der Waals surface area contributed by atoms with Gasteiger partial charge in [-0.2, -0.15) is 0 Å². The summed E-state index contributed by atoms with van der Waals surface area (Å²) in [5, 5.41) is 6.86. The Labute approximate surface area is 170 Å². The number of carbonyl (C=O) groups excluding carboxylic acids is 2. The quantitative estimate of drug-likeness (QED) is 0.611. The summed E-state index contributed by atoms with van der Waals surface area (Å²) in [6.45, 7) is 3.73. The maximum atomic E-state index is 13.1. The maximum Gasteiger partial charge on any atom is 0.325 e. The third kappa shape index (κ3) is 3.11. The molecule has 1 fully saturated rings. The lowest BCUT2D eigenvalue weighted by Gasteiger charge is -2.23. The molecule has 1 atom stereocenters. The van der Waals surface area contributed by atoms with E-state index in [0.29, 0.717) is 17.0 Å². The summed E-state index contributed by atoms with van der Waals surface area (Å²) in [5.74, 6) is 0.105. The molecule has 1 aromatic heterocycles. The number of amides is 3. The predicted octanol–water partition coefficient (Wildman–Crippen LogP) is 4.38. The van der Waals surface area contributed by atoms with Crippen LogP contribution in [0.4, 0.5) is 4.79 Å². The van der Waals surface area contributed by atoms with Gasteiger partial charge < -0.3 is 9.84 Å². The van der Waals surface area contributed by atoms with Crippen LogP contribution in [0.25, 0.3) is 11.3 Å². The third-order valence-electron chi connectivity index (χ3n) is 4.91. The molecule has 7 heteroatoms. The summed E-state index contributed by atoms with van der Waals surface area (Å²) in [5.41, 5.74) is 2.29. The zero-order chi connectivity index (χ0) is 19.9. The highest BCUT2D eigenvalue weighted by Gasteiger charge is 2.50. The van der Waals surface area contributed by atoms with Gasteiger partial charge in [0.15, 0.2) is 5.76 Å². The Hall–Kier alpha value is -2.93. The van der Waals surface area contributed by atoms with Gasteiger partial charge in [0, 0.05) is 21.7 Å². The SMILES string of the molecule is Cc1ccc(-c2cc(CN3C(=O)NC(C)(c4ccccc4Br)C3=O)on2)cc1. The average Bonchev–Trinajstić information content (AvgIpc) is 3.22. The molecule has 2 aromatic carbocycles. The third-order valence-corrected chi connectivity index (χ3v) is 5.60. The van der Waals surface area contributed by atoms with Crippen LogP contribution in [-0.4, -0.2) is 22.0 Å². The summed E-state index contributed by atoms with van der Waals surface area (Å²) >= 11 is 3.46. The zero-order valence-corrected chi connectivity index (χ0v) is 17.0. The molecule has 4 rings (SSSR count). The van der Waals surface area contributed by atoms with Crippen molar-refractivity contribution in [3.63, 3.8) is 0 Å². The Kier molecular flexibility index (Phi) is 4.55. The molecule has 3 aromatic rings. The normalized spacial score (nSPS) is 19.2. The van der Waals surface area contributed by atoms with E-state index in [4.69, 9.17) is 4.52 Å². The van der Waals surface area contributed by atoms with Crippen LogP contribution in [0.1, 0.15) is 23.8 Å². The first-order chi connectivity index (χ1) is 13.4. The first-order valence-electron chi connectivity index (χ1n) is 8.80. The average molecular weight is 440 g/mol.